The molecule has 204 valence electrons. The Labute approximate surface area is 233 Å². The van der Waals surface area contributed by atoms with Crippen molar-refractivity contribution in [1.82, 2.24) is 15.1 Å². The van der Waals surface area contributed by atoms with Crippen LogP contribution in [0.4, 0.5) is 0 Å². The number of fused-ring (bicyclic) bond motifs is 1. The number of hydrogen-bond donors (Lipinski definition) is 1. The van der Waals surface area contributed by atoms with Crippen LogP contribution in [0.1, 0.15) is 36.1 Å². The Kier molecular flexibility index (Phi) is 8.81. The Hall–Kier alpha value is -3.40. The van der Waals surface area contributed by atoms with E-state index >= 15 is 0 Å². The first-order valence-corrected chi connectivity index (χ1v) is 14.3. The van der Waals surface area contributed by atoms with Crippen LogP contribution in [0.5, 0.6) is 0 Å². The molecule has 1 N–H and O–H groups in total. The number of benzene rings is 2. The highest BCUT2D eigenvalue weighted by Gasteiger charge is 2.42. The molecule has 0 spiro atoms. The van der Waals surface area contributed by atoms with Crippen molar-refractivity contribution in [3.8, 4) is 0 Å². The van der Waals surface area contributed by atoms with E-state index in [9.17, 15) is 9.59 Å². The largest absolute Gasteiger partial charge is 0.463 e. The summed E-state index contributed by atoms with van der Waals surface area (Å²) in [5.74, 6) is -0.467. The summed E-state index contributed by atoms with van der Waals surface area (Å²) in [4.78, 5) is 35.8. The van der Waals surface area contributed by atoms with E-state index in [0.29, 0.717) is 17.8 Å². The normalized spacial score (nSPS) is 19.3. The molecule has 2 aromatic carbocycles. The molecule has 1 amide bonds. The molecule has 1 atom stereocenters. The molecular formula is C30H34N4O4S. The number of rotatable bonds is 9. The van der Waals surface area contributed by atoms with Crippen LogP contribution < -0.4 is 5.32 Å². The number of amides is 1. The number of nitrogens with zero attached hydrogens (tertiary/aromatic N) is 3. The van der Waals surface area contributed by atoms with Gasteiger partial charge < -0.3 is 19.7 Å². The molecule has 9 heteroatoms. The second-order valence-electron chi connectivity index (χ2n) is 9.63. The van der Waals surface area contributed by atoms with Crippen LogP contribution in [0.3, 0.4) is 0 Å². The van der Waals surface area contributed by atoms with E-state index in [1.54, 1.807) is 6.92 Å². The molecule has 1 fully saturated rings. The van der Waals surface area contributed by atoms with E-state index < -0.39 is 12.0 Å². The van der Waals surface area contributed by atoms with Crippen molar-refractivity contribution >= 4 is 34.5 Å². The zero-order valence-electron chi connectivity index (χ0n) is 22.4. The Morgan fingerprint density at radius 1 is 1.10 bits per heavy atom. The van der Waals surface area contributed by atoms with Crippen LogP contribution in [0.25, 0.3) is 5.70 Å². The van der Waals surface area contributed by atoms with Crippen LogP contribution in [-0.2, 0) is 19.1 Å². The van der Waals surface area contributed by atoms with Crippen LogP contribution in [-0.4, -0.2) is 72.8 Å². The molecule has 0 radical (unpaired) electrons. The topological polar surface area (TPSA) is 83.5 Å². The maximum atomic E-state index is 13.5. The van der Waals surface area contributed by atoms with Gasteiger partial charge in [-0.15, -0.1) is 0 Å². The summed E-state index contributed by atoms with van der Waals surface area (Å²) < 4.78 is 11.0. The average Bonchev–Trinajstić information content (AvgIpc) is 3.36. The summed E-state index contributed by atoms with van der Waals surface area (Å²) in [6.45, 7) is 8.70. The maximum absolute atomic E-state index is 13.5. The van der Waals surface area contributed by atoms with Crippen molar-refractivity contribution in [3.63, 3.8) is 0 Å². The number of nitrogens with one attached hydrogen (secondary N) is 1. The number of aryl methyl sites for hydroxylation is 1. The van der Waals surface area contributed by atoms with Crippen LogP contribution in [0.2, 0.25) is 0 Å². The van der Waals surface area contributed by atoms with E-state index in [2.05, 4.69) is 10.2 Å². The number of morpholine rings is 1. The Morgan fingerprint density at radius 2 is 1.85 bits per heavy atom. The Morgan fingerprint density at radius 3 is 2.56 bits per heavy atom. The average molecular weight is 547 g/mol. The van der Waals surface area contributed by atoms with Crippen molar-refractivity contribution in [3.05, 3.63) is 88.0 Å². The number of hydrogen-bond acceptors (Lipinski definition) is 8. The van der Waals surface area contributed by atoms with Gasteiger partial charge in [-0.2, -0.15) is 0 Å². The first kappa shape index (κ1) is 27.2. The van der Waals surface area contributed by atoms with Gasteiger partial charge >= 0.3 is 5.97 Å². The monoisotopic (exact) mass is 546 g/mol. The van der Waals surface area contributed by atoms with E-state index in [1.165, 1.54) is 11.8 Å². The number of amidine groups is 1. The standard InChI is InChI=1S/C30H34N4O4S/c1-3-38-29(36)26-27(22-7-5-4-6-8-22)32-30-34(28(26)23-11-9-21(2)10-12-23)24(20-39-30)19-25(35)31-13-14-33-15-17-37-18-16-33/h4-12,20,28H,3,13-19H2,1-2H3,(H,31,35)/t28-/m0/s1. The second-order valence-corrected chi connectivity index (χ2v) is 10.5. The van der Waals surface area contributed by atoms with Gasteiger partial charge in [-0.25, -0.2) is 9.79 Å². The predicted molar refractivity (Wildman–Crippen MR) is 154 cm³/mol. The van der Waals surface area contributed by atoms with Crippen molar-refractivity contribution < 1.29 is 19.1 Å². The molecule has 39 heavy (non-hydrogen) atoms. The van der Waals surface area contributed by atoms with Gasteiger partial charge in [0.15, 0.2) is 5.17 Å². The molecule has 3 aliphatic rings. The molecular weight excluding hydrogens is 512 g/mol. The van der Waals surface area contributed by atoms with E-state index in [0.717, 1.165) is 60.4 Å². The third-order valence-corrected chi connectivity index (χ3v) is 7.83. The fraction of sp³-hybridized carbons (Fsp3) is 0.367. The van der Waals surface area contributed by atoms with E-state index in [-0.39, 0.29) is 18.9 Å². The summed E-state index contributed by atoms with van der Waals surface area (Å²) in [7, 11) is 0. The van der Waals surface area contributed by atoms with E-state index in [1.807, 2.05) is 71.8 Å². The van der Waals surface area contributed by atoms with Gasteiger partial charge in [0.25, 0.3) is 0 Å². The van der Waals surface area contributed by atoms with Gasteiger partial charge in [0.2, 0.25) is 5.91 Å². The SMILES string of the molecule is CCOC(=O)C1=C(c2ccccc2)N=C2SC=C(CC(=O)NCCN3CCOCC3)N2[C@H]1c1ccc(C)cc1. The first-order chi connectivity index (χ1) is 19.0. The maximum Gasteiger partial charge on any atom is 0.338 e. The van der Waals surface area contributed by atoms with Gasteiger partial charge in [0.1, 0.15) is 0 Å². The lowest BCUT2D eigenvalue weighted by atomic mass is 9.91. The lowest BCUT2D eigenvalue weighted by molar-refractivity contribution is -0.139. The Bertz CT molecular complexity index is 1280. The van der Waals surface area contributed by atoms with Crippen LogP contribution >= 0.6 is 11.8 Å². The van der Waals surface area contributed by atoms with Crippen molar-refractivity contribution in [1.29, 1.82) is 0 Å². The fourth-order valence-corrected chi connectivity index (χ4v) is 5.88. The number of aliphatic imine (C=N–C) groups is 1. The number of thioether (sulfide) groups is 1. The zero-order valence-corrected chi connectivity index (χ0v) is 23.2. The quantitative estimate of drug-likeness (QED) is 0.474. The van der Waals surface area contributed by atoms with Gasteiger partial charge in [-0.3, -0.25) is 9.69 Å². The second kappa shape index (κ2) is 12.6. The van der Waals surface area contributed by atoms with Crippen molar-refractivity contribution in [2.75, 3.05) is 46.0 Å². The number of ether oxygens (including phenoxy) is 2. The highest BCUT2D eigenvalue weighted by molar-refractivity contribution is 8.16. The first-order valence-electron chi connectivity index (χ1n) is 13.4. The van der Waals surface area contributed by atoms with Crippen molar-refractivity contribution in [2.24, 2.45) is 4.99 Å². The molecule has 8 nitrogen and oxygen atoms in total. The molecule has 5 rings (SSSR count). The molecule has 0 aliphatic carbocycles. The molecule has 3 heterocycles. The number of carbonyl (C=O) groups excluding carboxylic acids is 2. The van der Waals surface area contributed by atoms with Gasteiger partial charge in [-0.1, -0.05) is 71.9 Å². The minimum absolute atomic E-state index is 0.0606. The third-order valence-electron chi connectivity index (χ3n) is 6.94. The van der Waals surface area contributed by atoms with Gasteiger partial charge in [0.05, 0.1) is 43.6 Å². The molecule has 0 saturated carbocycles. The summed E-state index contributed by atoms with van der Waals surface area (Å²) in [6.07, 6.45) is 0.189. The minimum Gasteiger partial charge on any atom is -0.463 e. The van der Waals surface area contributed by atoms with Crippen LogP contribution in [0.15, 0.2) is 76.3 Å². The Balaban J connectivity index is 1.44. The summed E-state index contributed by atoms with van der Waals surface area (Å²) >= 11 is 1.48. The lowest BCUT2D eigenvalue weighted by Crippen LogP contribution is -2.42. The molecule has 0 aromatic heterocycles. The number of esters is 1. The van der Waals surface area contributed by atoms with Crippen LogP contribution in [0, 0.1) is 6.92 Å². The summed E-state index contributed by atoms with van der Waals surface area (Å²) in [5.41, 5.74) is 4.78. The highest BCUT2D eigenvalue weighted by atomic mass is 32.2. The van der Waals surface area contributed by atoms with Gasteiger partial charge in [0, 0.05) is 37.4 Å². The lowest BCUT2D eigenvalue weighted by Gasteiger charge is -2.37. The minimum atomic E-state index is -0.477. The summed E-state index contributed by atoms with van der Waals surface area (Å²) in [6, 6.07) is 17.4. The molecule has 1 saturated heterocycles. The molecule has 3 aliphatic heterocycles. The predicted octanol–water partition coefficient (Wildman–Crippen LogP) is 4.11. The highest BCUT2D eigenvalue weighted by Crippen LogP contribution is 2.47. The molecule has 2 aromatic rings. The smallest absolute Gasteiger partial charge is 0.338 e. The molecule has 0 unspecified atom stereocenters. The fourth-order valence-electron chi connectivity index (χ4n) is 4.96. The van der Waals surface area contributed by atoms with Crippen molar-refractivity contribution in [2.45, 2.75) is 26.3 Å². The van der Waals surface area contributed by atoms with Gasteiger partial charge in [-0.05, 0) is 24.8 Å². The van der Waals surface area contributed by atoms with E-state index in [4.69, 9.17) is 14.5 Å². The third kappa shape index (κ3) is 6.27. The summed E-state index contributed by atoms with van der Waals surface area (Å²) in [5, 5.41) is 5.77. The zero-order chi connectivity index (χ0) is 27.2. The molecule has 0 bridgehead atoms. The number of carbonyl (C=O) groups is 2.